The smallest absolute Gasteiger partial charge is 0.251 e. The van der Waals surface area contributed by atoms with Crippen LogP contribution >= 0.6 is 11.8 Å². The Morgan fingerprint density at radius 2 is 2.19 bits per heavy atom. The molecule has 2 heterocycles. The first-order chi connectivity index (χ1) is 10.1. The van der Waals surface area contributed by atoms with Crippen LogP contribution in [0.4, 0.5) is 0 Å². The molecule has 0 unspecified atom stereocenters. The van der Waals surface area contributed by atoms with Gasteiger partial charge in [0.25, 0.3) is 5.56 Å². The van der Waals surface area contributed by atoms with Gasteiger partial charge in [0.15, 0.2) is 0 Å². The van der Waals surface area contributed by atoms with Crippen LogP contribution in [-0.4, -0.2) is 39.0 Å². The van der Waals surface area contributed by atoms with E-state index >= 15 is 0 Å². The van der Waals surface area contributed by atoms with Gasteiger partial charge in [0.2, 0.25) is 5.91 Å². The number of aromatic nitrogens is 1. The lowest BCUT2D eigenvalue weighted by Crippen LogP contribution is -2.52. The lowest BCUT2D eigenvalue weighted by Gasteiger charge is -2.43. The number of hydrogen-bond donors (Lipinski definition) is 0. The summed E-state index contributed by atoms with van der Waals surface area (Å²) < 4.78 is 1.52. The summed E-state index contributed by atoms with van der Waals surface area (Å²) >= 11 is 2.02. The first kappa shape index (κ1) is 14.7. The fraction of sp³-hybridized carbons (Fsp3) is 0.625. The molecule has 5 heteroatoms. The van der Waals surface area contributed by atoms with E-state index in [0.717, 1.165) is 24.3 Å². The molecule has 0 aromatic carbocycles. The van der Waals surface area contributed by atoms with E-state index in [1.54, 1.807) is 12.3 Å². The van der Waals surface area contributed by atoms with Gasteiger partial charge < -0.3 is 9.47 Å². The average molecular weight is 306 g/mol. The number of hydrogen-bond acceptors (Lipinski definition) is 3. The molecular formula is C16H22N2O2S. The Labute approximate surface area is 129 Å². The predicted octanol–water partition coefficient (Wildman–Crippen LogP) is 2.04. The summed E-state index contributed by atoms with van der Waals surface area (Å²) in [5.41, 5.74) is 0.848. The molecule has 21 heavy (non-hydrogen) atoms. The Morgan fingerprint density at radius 1 is 1.38 bits per heavy atom. The minimum absolute atomic E-state index is 0.0880. The number of pyridine rings is 1. The van der Waals surface area contributed by atoms with E-state index in [1.165, 1.54) is 23.8 Å². The summed E-state index contributed by atoms with van der Waals surface area (Å²) in [6, 6.07) is 3.85. The molecule has 2 aliphatic rings. The Balaban J connectivity index is 1.73. The summed E-state index contributed by atoms with van der Waals surface area (Å²) in [7, 11) is 0. The van der Waals surface area contributed by atoms with Crippen LogP contribution in [0.1, 0.15) is 31.2 Å². The lowest BCUT2D eigenvalue weighted by atomic mass is 9.93. The molecule has 1 amide bonds. The van der Waals surface area contributed by atoms with Crippen molar-refractivity contribution in [1.29, 1.82) is 0 Å². The summed E-state index contributed by atoms with van der Waals surface area (Å²) in [5.74, 6) is 1.12. The van der Waals surface area contributed by atoms with Crippen LogP contribution in [-0.2, 0) is 11.3 Å². The summed E-state index contributed by atoms with van der Waals surface area (Å²) in [5, 5.41) is 0.603. The first-order valence-corrected chi connectivity index (χ1v) is 8.78. The van der Waals surface area contributed by atoms with Crippen molar-refractivity contribution in [2.45, 2.75) is 50.4 Å². The number of aryl methyl sites for hydroxylation is 1. The Hall–Kier alpha value is -1.23. The topological polar surface area (TPSA) is 42.3 Å². The maximum atomic E-state index is 12.6. The summed E-state index contributed by atoms with van der Waals surface area (Å²) in [6.07, 6.45) is 6.58. The van der Waals surface area contributed by atoms with Crippen molar-refractivity contribution in [3.05, 3.63) is 34.2 Å². The highest BCUT2D eigenvalue weighted by Gasteiger charge is 2.36. The van der Waals surface area contributed by atoms with E-state index in [1.807, 2.05) is 29.7 Å². The maximum absolute atomic E-state index is 12.6. The van der Waals surface area contributed by atoms with Gasteiger partial charge >= 0.3 is 0 Å². The number of amides is 1. The van der Waals surface area contributed by atoms with Gasteiger partial charge in [0, 0.05) is 35.9 Å². The van der Waals surface area contributed by atoms with Crippen molar-refractivity contribution in [3.63, 3.8) is 0 Å². The van der Waals surface area contributed by atoms with Crippen LogP contribution in [0.3, 0.4) is 0 Å². The predicted molar refractivity (Wildman–Crippen MR) is 85.7 cm³/mol. The minimum Gasteiger partial charge on any atom is -0.336 e. The van der Waals surface area contributed by atoms with Gasteiger partial charge in [-0.2, -0.15) is 11.8 Å². The van der Waals surface area contributed by atoms with E-state index in [9.17, 15) is 9.59 Å². The molecule has 0 spiro atoms. The molecule has 2 atom stereocenters. The van der Waals surface area contributed by atoms with Crippen molar-refractivity contribution in [2.75, 3.05) is 12.3 Å². The SMILES string of the molecule is Cc1ccn(CC(=O)N2CCS[C@H]3CCCC[C@@H]32)c(=O)c1. The number of fused-ring (bicyclic) bond motifs is 1. The van der Waals surface area contributed by atoms with Crippen LogP contribution in [0.5, 0.6) is 0 Å². The van der Waals surface area contributed by atoms with E-state index in [0.29, 0.717) is 11.3 Å². The zero-order valence-electron chi connectivity index (χ0n) is 12.5. The van der Waals surface area contributed by atoms with Crippen LogP contribution in [0.15, 0.2) is 23.1 Å². The highest BCUT2D eigenvalue weighted by Crippen LogP contribution is 2.35. The standard InChI is InChI=1S/C16H22N2O2S/c1-12-6-7-17(15(19)10-12)11-16(20)18-8-9-21-14-5-3-2-4-13(14)18/h6-7,10,13-14H,2-5,8-9,11H2,1H3/t13-,14-/m0/s1. The zero-order valence-corrected chi connectivity index (χ0v) is 13.3. The quantitative estimate of drug-likeness (QED) is 0.840. The van der Waals surface area contributed by atoms with Gasteiger partial charge in [-0.05, 0) is 31.4 Å². The molecule has 0 N–H and O–H groups in total. The normalized spacial score (nSPS) is 25.5. The van der Waals surface area contributed by atoms with E-state index in [-0.39, 0.29) is 18.0 Å². The second-order valence-corrected chi connectivity index (χ2v) is 7.37. The van der Waals surface area contributed by atoms with Gasteiger partial charge in [-0.3, -0.25) is 9.59 Å². The van der Waals surface area contributed by atoms with Crippen LogP contribution in [0.25, 0.3) is 0 Å². The number of rotatable bonds is 2. The van der Waals surface area contributed by atoms with Crippen molar-refractivity contribution < 1.29 is 4.79 Å². The van der Waals surface area contributed by atoms with Gasteiger partial charge in [-0.15, -0.1) is 0 Å². The summed E-state index contributed by atoms with van der Waals surface area (Å²) in [6.45, 7) is 2.89. The molecule has 0 radical (unpaired) electrons. The monoisotopic (exact) mass is 306 g/mol. The molecule has 1 aromatic heterocycles. The molecule has 1 aliphatic carbocycles. The molecular weight excluding hydrogens is 284 g/mol. The molecule has 1 saturated carbocycles. The number of carbonyl (C=O) groups excluding carboxylic acids is 1. The molecule has 3 rings (SSSR count). The van der Waals surface area contributed by atoms with Crippen molar-refractivity contribution in [2.24, 2.45) is 0 Å². The lowest BCUT2D eigenvalue weighted by molar-refractivity contribution is -0.134. The number of nitrogens with zero attached hydrogens (tertiary/aromatic N) is 2. The first-order valence-electron chi connectivity index (χ1n) is 7.73. The fourth-order valence-electron chi connectivity index (χ4n) is 3.38. The molecule has 4 nitrogen and oxygen atoms in total. The van der Waals surface area contributed by atoms with Crippen LogP contribution < -0.4 is 5.56 Å². The molecule has 2 fully saturated rings. The molecule has 1 aliphatic heterocycles. The molecule has 1 aromatic rings. The fourth-order valence-corrected chi connectivity index (χ4v) is 4.82. The third-order valence-corrected chi connectivity index (χ3v) is 5.91. The highest BCUT2D eigenvalue weighted by molar-refractivity contribution is 8.00. The minimum atomic E-state index is -0.0880. The maximum Gasteiger partial charge on any atom is 0.251 e. The Bertz CT molecular complexity index is 582. The largest absolute Gasteiger partial charge is 0.336 e. The average Bonchev–Trinajstić information content (AvgIpc) is 2.49. The Kier molecular flexibility index (Phi) is 4.38. The zero-order chi connectivity index (χ0) is 14.8. The van der Waals surface area contributed by atoms with E-state index in [4.69, 9.17) is 0 Å². The molecule has 114 valence electrons. The van der Waals surface area contributed by atoms with Crippen molar-refractivity contribution in [3.8, 4) is 0 Å². The summed E-state index contributed by atoms with van der Waals surface area (Å²) in [4.78, 5) is 26.6. The van der Waals surface area contributed by atoms with Crippen LogP contribution in [0.2, 0.25) is 0 Å². The van der Waals surface area contributed by atoms with Crippen LogP contribution in [0, 0.1) is 6.92 Å². The highest BCUT2D eigenvalue weighted by atomic mass is 32.2. The second kappa shape index (κ2) is 6.26. The molecule has 1 saturated heterocycles. The molecule has 0 bridgehead atoms. The van der Waals surface area contributed by atoms with Gasteiger partial charge in [-0.25, -0.2) is 0 Å². The van der Waals surface area contributed by atoms with E-state index in [2.05, 4.69) is 0 Å². The van der Waals surface area contributed by atoms with Crippen molar-refractivity contribution in [1.82, 2.24) is 9.47 Å². The van der Waals surface area contributed by atoms with Gasteiger partial charge in [0.1, 0.15) is 6.54 Å². The number of thioether (sulfide) groups is 1. The third-order valence-electron chi connectivity index (χ3n) is 4.51. The van der Waals surface area contributed by atoms with Gasteiger partial charge in [0.05, 0.1) is 0 Å². The second-order valence-electron chi connectivity index (χ2n) is 6.02. The van der Waals surface area contributed by atoms with Crippen molar-refractivity contribution >= 4 is 17.7 Å². The van der Waals surface area contributed by atoms with Gasteiger partial charge in [-0.1, -0.05) is 12.8 Å². The Morgan fingerprint density at radius 3 is 3.00 bits per heavy atom. The third kappa shape index (κ3) is 3.18. The van der Waals surface area contributed by atoms with E-state index < -0.39 is 0 Å². The number of carbonyl (C=O) groups is 1.